The van der Waals surface area contributed by atoms with Gasteiger partial charge in [0.05, 0.1) is 10.2 Å². The highest BCUT2D eigenvalue weighted by Crippen LogP contribution is 2.29. The fourth-order valence-corrected chi connectivity index (χ4v) is 4.04. The summed E-state index contributed by atoms with van der Waals surface area (Å²) in [6.45, 7) is 3.95. The molecule has 2 aromatic heterocycles. The van der Waals surface area contributed by atoms with Crippen molar-refractivity contribution in [2.45, 2.75) is 19.4 Å². The molecule has 1 atom stereocenters. The normalized spacial score (nSPS) is 17.4. The summed E-state index contributed by atoms with van der Waals surface area (Å²) in [7, 11) is 0. The van der Waals surface area contributed by atoms with E-state index < -0.39 is 0 Å². The largest absolute Gasteiger partial charge is 0.367 e. The van der Waals surface area contributed by atoms with E-state index in [1.807, 2.05) is 0 Å². The number of anilines is 1. The van der Waals surface area contributed by atoms with Gasteiger partial charge in [0.1, 0.15) is 12.1 Å². The Balaban J connectivity index is 1.58. The molecule has 0 fully saturated rings. The molecule has 0 radical (unpaired) electrons. The van der Waals surface area contributed by atoms with Crippen LogP contribution in [-0.2, 0) is 6.42 Å². The van der Waals surface area contributed by atoms with E-state index in [1.54, 1.807) is 17.7 Å². The van der Waals surface area contributed by atoms with Crippen LogP contribution in [0.15, 0.2) is 36.0 Å². The summed E-state index contributed by atoms with van der Waals surface area (Å²) in [5.41, 5.74) is 5.12. The molecule has 1 aliphatic rings. The van der Waals surface area contributed by atoms with Gasteiger partial charge in [-0.15, -0.1) is 11.3 Å². The number of hydrogen-bond donors (Lipinski definition) is 2. The smallest absolute Gasteiger partial charge is 0.147 e. The molecular weight excluding hydrogens is 292 g/mol. The Morgan fingerprint density at radius 2 is 2.23 bits per heavy atom. The zero-order valence-corrected chi connectivity index (χ0v) is 13.3. The van der Waals surface area contributed by atoms with Gasteiger partial charge < -0.3 is 10.6 Å². The van der Waals surface area contributed by atoms with Crippen LogP contribution in [0.3, 0.4) is 0 Å². The summed E-state index contributed by atoms with van der Waals surface area (Å²) < 4.78 is 1.14. The fourth-order valence-electron chi connectivity index (χ4n) is 3.07. The number of nitrogens with zero attached hydrogens (tertiary/aromatic N) is 2. The summed E-state index contributed by atoms with van der Waals surface area (Å²) in [6, 6.07) is 9.02. The Labute approximate surface area is 133 Å². The second-order valence-electron chi connectivity index (χ2n) is 5.66. The van der Waals surface area contributed by atoms with Gasteiger partial charge in [0.15, 0.2) is 0 Å². The van der Waals surface area contributed by atoms with E-state index in [4.69, 9.17) is 0 Å². The Morgan fingerprint density at radius 1 is 1.32 bits per heavy atom. The summed E-state index contributed by atoms with van der Waals surface area (Å²) in [5.74, 6) is 0.938. The van der Waals surface area contributed by atoms with E-state index in [9.17, 15) is 0 Å². The minimum absolute atomic E-state index is 0.330. The molecule has 0 amide bonds. The molecule has 0 saturated carbocycles. The fraction of sp³-hybridized carbons (Fsp3) is 0.294. The highest BCUT2D eigenvalue weighted by atomic mass is 32.1. The molecule has 1 unspecified atom stereocenters. The van der Waals surface area contributed by atoms with E-state index in [0.29, 0.717) is 6.04 Å². The van der Waals surface area contributed by atoms with E-state index in [-0.39, 0.29) is 0 Å². The molecule has 0 saturated heterocycles. The number of nitrogens with one attached hydrogen (secondary N) is 2. The van der Waals surface area contributed by atoms with Crippen LogP contribution in [0.1, 0.15) is 22.7 Å². The second kappa shape index (κ2) is 5.66. The zero-order chi connectivity index (χ0) is 14.9. The van der Waals surface area contributed by atoms with Crippen molar-refractivity contribution >= 4 is 27.4 Å². The van der Waals surface area contributed by atoms with Crippen LogP contribution in [0.5, 0.6) is 0 Å². The molecule has 0 bridgehead atoms. The van der Waals surface area contributed by atoms with E-state index in [2.05, 4.69) is 57.2 Å². The van der Waals surface area contributed by atoms with E-state index >= 15 is 0 Å². The minimum atomic E-state index is 0.330. The molecule has 3 heterocycles. The number of aromatic nitrogens is 2. The highest BCUT2D eigenvalue weighted by Gasteiger charge is 2.19. The average molecular weight is 310 g/mol. The Kier molecular flexibility index (Phi) is 3.52. The van der Waals surface area contributed by atoms with Crippen LogP contribution in [0.25, 0.3) is 10.2 Å². The summed E-state index contributed by atoms with van der Waals surface area (Å²) in [5, 5.41) is 9.24. The lowest BCUT2D eigenvalue weighted by Crippen LogP contribution is -2.34. The number of fused-ring (bicyclic) bond motifs is 2. The number of aryl methyl sites for hydroxylation is 1. The van der Waals surface area contributed by atoms with Gasteiger partial charge in [0.2, 0.25) is 0 Å². The molecule has 112 valence electrons. The van der Waals surface area contributed by atoms with E-state index in [1.165, 1.54) is 16.7 Å². The second-order valence-corrected chi connectivity index (χ2v) is 6.53. The van der Waals surface area contributed by atoms with Gasteiger partial charge in [-0.25, -0.2) is 9.97 Å². The number of rotatable bonds is 3. The molecule has 3 aromatic rings. The Hall–Kier alpha value is -1.98. The quantitative estimate of drug-likeness (QED) is 0.779. The molecule has 2 N–H and O–H groups in total. The minimum Gasteiger partial charge on any atom is -0.367 e. The monoisotopic (exact) mass is 310 g/mol. The van der Waals surface area contributed by atoms with Gasteiger partial charge in [-0.05, 0) is 42.0 Å². The molecule has 4 nitrogen and oxygen atoms in total. The van der Waals surface area contributed by atoms with Crippen molar-refractivity contribution in [2.24, 2.45) is 0 Å². The third-order valence-corrected chi connectivity index (χ3v) is 5.31. The maximum absolute atomic E-state index is 4.42. The third-order valence-electron chi connectivity index (χ3n) is 4.22. The predicted molar refractivity (Wildman–Crippen MR) is 91.5 cm³/mol. The lowest BCUT2D eigenvalue weighted by molar-refractivity contribution is 0.523. The van der Waals surface area contributed by atoms with Crippen LogP contribution in [-0.4, -0.2) is 23.1 Å². The van der Waals surface area contributed by atoms with Crippen LogP contribution in [0, 0.1) is 6.92 Å². The highest BCUT2D eigenvalue weighted by molar-refractivity contribution is 7.18. The molecule has 0 spiro atoms. The number of thiophene rings is 1. The van der Waals surface area contributed by atoms with Crippen molar-refractivity contribution in [3.05, 3.63) is 52.7 Å². The molecule has 0 aliphatic carbocycles. The zero-order valence-electron chi connectivity index (χ0n) is 12.5. The van der Waals surface area contributed by atoms with Crippen molar-refractivity contribution in [2.75, 3.05) is 18.4 Å². The van der Waals surface area contributed by atoms with Crippen molar-refractivity contribution in [3.8, 4) is 0 Å². The van der Waals surface area contributed by atoms with Crippen LogP contribution in [0.2, 0.25) is 0 Å². The molecule has 4 rings (SSSR count). The predicted octanol–water partition coefficient (Wildman–Crippen LogP) is 3.30. The Morgan fingerprint density at radius 3 is 3.18 bits per heavy atom. The van der Waals surface area contributed by atoms with Crippen LogP contribution < -0.4 is 10.6 Å². The first kappa shape index (κ1) is 13.7. The van der Waals surface area contributed by atoms with Gasteiger partial charge in [0, 0.05) is 12.6 Å². The van der Waals surface area contributed by atoms with Crippen molar-refractivity contribution in [3.63, 3.8) is 0 Å². The maximum Gasteiger partial charge on any atom is 0.147 e. The van der Waals surface area contributed by atoms with Gasteiger partial charge in [-0.1, -0.05) is 24.3 Å². The molecule has 22 heavy (non-hydrogen) atoms. The standard InChI is InChI=1S/C17H18N4S/c1-11-9-22-16-15(11)20-10-21-17(16)19-8-14-13-5-3-2-4-12(13)6-7-18-14/h2-5,9-10,14,18H,6-8H2,1H3,(H,19,20,21). The molecular formula is C17H18N4S. The van der Waals surface area contributed by atoms with Gasteiger partial charge in [-0.3, -0.25) is 0 Å². The van der Waals surface area contributed by atoms with E-state index in [0.717, 1.165) is 35.5 Å². The molecule has 5 heteroatoms. The van der Waals surface area contributed by atoms with Crippen molar-refractivity contribution < 1.29 is 0 Å². The van der Waals surface area contributed by atoms with Crippen molar-refractivity contribution in [1.82, 2.24) is 15.3 Å². The topological polar surface area (TPSA) is 49.8 Å². The van der Waals surface area contributed by atoms with Crippen molar-refractivity contribution in [1.29, 1.82) is 0 Å². The first-order valence-electron chi connectivity index (χ1n) is 7.57. The number of benzene rings is 1. The first-order chi connectivity index (χ1) is 10.8. The van der Waals surface area contributed by atoms with Gasteiger partial charge in [0.25, 0.3) is 0 Å². The lowest BCUT2D eigenvalue weighted by atomic mass is 9.94. The van der Waals surface area contributed by atoms with Gasteiger partial charge in [-0.2, -0.15) is 0 Å². The first-order valence-corrected chi connectivity index (χ1v) is 8.45. The van der Waals surface area contributed by atoms with Gasteiger partial charge >= 0.3 is 0 Å². The summed E-state index contributed by atoms with van der Waals surface area (Å²) in [6.07, 6.45) is 2.75. The number of hydrogen-bond acceptors (Lipinski definition) is 5. The summed E-state index contributed by atoms with van der Waals surface area (Å²) in [4.78, 5) is 8.80. The summed E-state index contributed by atoms with van der Waals surface area (Å²) >= 11 is 1.70. The Bertz CT molecular complexity index is 811. The molecule has 1 aliphatic heterocycles. The van der Waals surface area contributed by atoms with Crippen LogP contribution in [0.4, 0.5) is 5.82 Å². The lowest BCUT2D eigenvalue weighted by Gasteiger charge is -2.27. The SMILES string of the molecule is Cc1csc2c(NCC3NCCc4ccccc43)ncnc12. The average Bonchev–Trinajstić information content (AvgIpc) is 2.95. The van der Waals surface area contributed by atoms with Crippen LogP contribution >= 0.6 is 11.3 Å². The molecule has 1 aromatic carbocycles. The maximum atomic E-state index is 4.42. The third kappa shape index (κ3) is 2.36.